The Balaban J connectivity index is 1.90. The molecular formula is C15H15ClN2OS. The van der Waals surface area contributed by atoms with Crippen molar-refractivity contribution in [3.05, 3.63) is 59.1 Å². The van der Waals surface area contributed by atoms with Crippen molar-refractivity contribution in [2.24, 2.45) is 5.73 Å². The minimum atomic E-state index is 0.318. The highest BCUT2D eigenvalue weighted by atomic mass is 35.5. The van der Waals surface area contributed by atoms with Gasteiger partial charge in [0.2, 0.25) is 0 Å². The van der Waals surface area contributed by atoms with E-state index in [9.17, 15) is 0 Å². The standard InChI is InChI=1S/C15H15ClN2OS/c16-11-6-7-14(13(10-11)15(17)20)18-8-9-19-12-4-2-1-3-5-12/h1-7,10,18H,8-9H2,(H2,17,20). The summed E-state index contributed by atoms with van der Waals surface area (Å²) in [6.45, 7) is 1.19. The van der Waals surface area contributed by atoms with Crippen LogP contribution in [0, 0.1) is 0 Å². The largest absolute Gasteiger partial charge is 0.492 e. The van der Waals surface area contributed by atoms with Crippen LogP contribution in [0.25, 0.3) is 0 Å². The van der Waals surface area contributed by atoms with Gasteiger partial charge in [0.15, 0.2) is 0 Å². The number of nitrogens with one attached hydrogen (secondary N) is 1. The van der Waals surface area contributed by atoms with Gasteiger partial charge in [0.05, 0.1) is 0 Å². The molecule has 0 fully saturated rings. The minimum absolute atomic E-state index is 0.318. The van der Waals surface area contributed by atoms with E-state index in [-0.39, 0.29) is 0 Å². The second kappa shape index (κ2) is 7.12. The summed E-state index contributed by atoms with van der Waals surface area (Å²) in [5, 5.41) is 3.85. The predicted octanol–water partition coefficient (Wildman–Crippen LogP) is 3.47. The van der Waals surface area contributed by atoms with E-state index < -0.39 is 0 Å². The number of anilines is 1. The van der Waals surface area contributed by atoms with E-state index in [4.69, 9.17) is 34.3 Å². The molecule has 0 unspecified atom stereocenters. The fourth-order valence-electron chi connectivity index (χ4n) is 1.75. The molecule has 0 aromatic heterocycles. The van der Waals surface area contributed by atoms with Crippen molar-refractivity contribution in [3.8, 4) is 5.75 Å². The molecule has 0 saturated heterocycles. The number of para-hydroxylation sites is 1. The van der Waals surface area contributed by atoms with Gasteiger partial charge in [-0.15, -0.1) is 0 Å². The van der Waals surface area contributed by atoms with E-state index in [1.54, 1.807) is 12.1 Å². The Morgan fingerprint density at radius 3 is 2.65 bits per heavy atom. The van der Waals surface area contributed by atoms with Gasteiger partial charge >= 0.3 is 0 Å². The van der Waals surface area contributed by atoms with Crippen molar-refractivity contribution in [1.82, 2.24) is 0 Å². The number of thiocarbonyl (C=S) groups is 1. The van der Waals surface area contributed by atoms with Gasteiger partial charge in [-0.25, -0.2) is 0 Å². The average molecular weight is 307 g/mol. The van der Waals surface area contributed by atoms with Crippen molar-refractivity contribution in [1.29, 1.82) is 0 Å². The molecule has 0 aliphatic rings. The lowest BCUT2D eigenvalue weighted by Crippen LogP contribution is -2.16. The summed E-state index contributed by atoms with van der Waals surface area (Å²) in [4.78, 5) is 0.318. The van der Waals surface area contributed by atoms with Crippen LogP contribution in [0.1, 0.15) is 5.56 Å². The molecule has 0 spiro atoms. The van der Waals surface area contributed by atoms with E-state index >= 15 is 0 Å². The molecule has 0 radical (unpaired) electrons. The number of rotatable bonds is 6. The van der Waals surface area contributed by atoms with Crippen LogP contribution in [0.5, 0.6) is 5.75 Å². The first-order valence-electron chi connectivity index (χ1n) is 6.18. The van der Waals surface area contributed by atoms with E-state index in [2.05, 4.69) is 5.32 Å². The van der Waals surface area contributed by atoms with E-state index in [0.29, 0.717) is 23.2 Å². The highest BCUT2D eigenvalue weighted by Gasteiger charge is 2.05. The summed E-state index contributed by atoms with van der Waals surface area (Å²) in [6, 6.07) is 15.1. The van der Waals surface area contributed by atoms with Crippen LogP contribution in [0.2, 0.25) is 5.02 Å². The highest BCUT2D eigenvalue weighted by Crippen LogP contribution is 2.20. The molecule has 104 valence electrons. The molecule has 0 atom stereocenters. The molecule has 0 amide bonds. The van der Waals surface area contributed by atoms with Crippen LogP contribution < -0.4 is 15.8 Å². The zero-order chi connectivity index (χ0) is 14.4. The lowest BCUT2D eigenvalue weighted by Gasteiger charge is -2.12. The zero-order valence-electron chi connectivity index (χ0n) is 10.8. The molecule has 0 aliphatic carbocycles. The van der Waals surface area contributed by atoms with Gasteiger partial charge in [0, 0.05) is 22.8 Å². The normalized spacial score (nSPS) is 10.1. The monoisotopic (exact) mass is 306 g/mol. The third-order valence-electron chi connectivity index (χ3n) is 2.68. The molecule has 0 heterocycles. The minimum Gasteiger partial charge on any atom is -0.492 e. The molecule has 3 N–H and O–H groups in total. The molecule has 0 saturated carbocycles. The predicted molar refractivity (Wildman–Crippen MR) is 87.8 cm³/mol. The van der Waals surface area contributed by atoms with Gasteiger partial charge in [0.1, 0.15) is 17.3 Å². The Kier molecular flexibility index (Phi) is 5.21. The first kappa shape index (κ1) is 14.6. The van der Waals surface area contributed by atoms with Crippen LogP contribution in [-0.2, 0) is 0 Å². The van der Waals surface area contributed by atoms with Crippen molar-refractivity contribution in [2.75, 3.05) is 18.5 Å². The highest BCUT2D eigenvalue weighted by molar-refractivity contribution is 7.80. The third-order valence-corrected chi connectivity index (χ3v) is 3.13. The Labute approximate surface area is 128 Å². The van der Waals surface area contributed by atoms with Crippen LogP contribution in [0.3, 0.4) is 0 Å². The van der Waals surface area contributed by atoms with E-state index in [0.717, 1.165) is 17.0 Å². The number of hydrogen-bond donors (Lipinski definition) is 2. The summed E-state index contributed by atoms with van der Waals surface area (Å²) < 4.78 is 5.60. The SMILES string of the molecule is NC(=S)c1cc(Cl)ccc1NCCOc1ccccc1. The number of halogens is 1. The second-order valence-electron chi connectivity index (χ2n) is 4.14. The van der Waals surface area contributed by atoms with Gasteiger partial charge in [0.25, 0.3) is 0 Å². The van der Waals surface area contributed by atoms with Crippen LogP contribution in [-0.4, -0.2) is 18.1 Å². The first-order chi connectivity index (χ1) is 9.66. The van der Waals surface area contributed by atoms with Gasteiger partial charge < -0.3 is 15.8 Å². The van der Waals surface area contributed by atoms with E-state index in [1.165, 1.54) is 0 Å². The summed E-state index contributed by atoms with van der Waals surface area (Å²) in [5.41, 5.74) is 7.28. The van der Waals surface area contributed by atoms with Gasteiger partial charge in [-0.1, -0.05) is 42.0 Å². The Morgan fingerprint density at radius 1 is 1.20 bits per heavy atom. The summed E-state index contributed by atoms with van der Waals surface area (Å²) >= 11 is 10.9. The first-order valence-corrected chi connectivity index (χ1v) is 6.96. The molecule has 2 aromatic rings. The molecule has 2 rings (SSSR count). The van der Waals surface area contributed by atoms with Crippen molar-refractivity contribution >= 4 is 34.5 Å². The molecule has 2 aromatic carbocycles. The number of ether oxygens (including phenoxy) is 1. The maximum atomic E-state index is 5.93. The topological polar surface area (TPSA) is 47.3 Å². The van der Waals surface area contributed by atoms with Gasteiger partial charge in [-0.2, -0.15) is 0 Å². The van der Waals surface area contributed by atoms with Crippen LogP contribution in [0.4, 0.5) is 5.69 Å². The Hall–Kier alpha value is -1.78. The fourth-order valence-corrected chi connectivity index (χ4v) is 2.09. The third kappa shape index (κ3) is 4.11. The van der Waals surface area contributed by atoms with Gasteiger partial charge in [-0.3, -0.25) is 0 Å². The maximum Gasteiger partial charge on any atom is 0.119 e. The summed E-state index contributed by atoms with van der Waals surface area (Å²) in [7, 11) is 0. The lowest BCUT2D eigenvalue weighted by atomic mass is 10.2. The number of hydrogen-bond acceptors (Lipinski definition) is 3. The molecule has 5 heteroatoms. The molecular weight excluding hydrogens is 292 g/mol. The quantitative estimate of drug-likeness (QED) is 0.634. The Morgan fingerprint density at radius 2 is 1.95 bits per heavy atom. The van der Waals surface area contributed by atoms with Crippen molar-refractivity contribution in [3.63, 3.8) is 0 Å². The molecule has 3 nitrogen and oxygen atoms in total. The van der Waals surface area contributed by atoms with Gasteiger partial charge in [-0.05, 0) is 30.3 Å². The summed E-state index contributed by atoms with van der Waals surface area (Å²) in [6.07, 6.45) is 0. The van der Waals surface area contributed by atoms with E-state index in [1.807, 2.05) is 36.4 Å². The smallest absolute Gasteiger partial charge is 0.119 e. The zero-order valence-corrected chi connectivity index (χ0v) is 12.4. The fraction of sp³-hybridized carbons (Fsp3) is 0.133. The molecule has 20 heavy (non-hydrogen) atoms. The second-order valence-corrected chi connectivity index (χ2v) is 5.02. The molecule has 0 aliphatic heterocycles. The maximum absolute atomic E-state index is 5.93. The van der Waals surface area contributed by atoms with Crippen LogP contribution in [0.15, 0.2) is 48.5 Å². The number of benzene rings is 2. The van der Waals surface area contributed by atoms with Crippen molar-refractivity contribution in [2.45, 2.75) is 0 Å². The Bertz CT molecular complexity index is 590. The number of nitrogens with two attached hydrogens (primary N) is 1. The van der Waals surface area contributed by atoms with Crippen LogP contribution >= 0.6 is 23.8 Å². The average Bonchev–Trinajstić information content (AvgIpc) is 2.45. The van der Waals surface area contributed by atoms with Crippen molar-refractivity contribution < 1.29 is 4.74 Å². The molecule has 0 bridgehead atoms. The lowest BCUT2D eigenvalue weighted by molar-refractivity contribution is 0.333. The summed E-state index contributed by atoms with van der Waals surface area (Å²) in [5.74, 6) is 0.847.